The lowest BCUT2D eigenvalue weighted by Gasteiger charge is -2.25. The van der Waals surface area contributed by atoms with Gasteiger partial charge in [0.2, 0.25) is 5.91 Å². The van der Waals surface area contributed by atoms with Crippen molar-refractivity contribution >= 4 is 5.91 Å². The number of amides is 1. The van der Waals surface area contributed by atoms with Crippen molar-refractivity contribution in [3.63, 3.8) is 0 Å². The Hall–Kier alpha value is -0.690. The van der Waals surface area contributed by atoms with Crippen molar-refractivity contribution in [2.45, 2.75) is 12.5 Å². The number of hydrogen-bond donors (Lipinski definition) is 2. The molecule has 1 unspecified atom stereocenters. The number of methoxy groups -OCH3 is 1. The van der Waals surface area contributed by atoms with Crippen LogP contribution in [-0.2, 0) is 9.53 Å². The van der Waals surface area contributed by atoms with Crippen LogP contribution in [0.4, 0.5) is 0 Å². The SMILES string of the molecule is COCC(O)CN(C)C(=O)CN1CCCNCC1. The molecule has 1 atom stereocenters. The third kappa shape index (κ3) is 5.77. The van der Waals surface area contributed by atoms with Crippen molar-refractivity contribution in [3.8, 4) is 0 Å². The average Bonchev–Trinajstić information content (AvgIpc) is 2.57. The minimum atomic E-state index is -0.616. The second-order valence-electron chi connectivity index (χ2n) is 4.76. The Balaban J connectivity index is 2.29. The van der Waals surface area contributed by atoms with E-state index in [4.69, 9.17) is 4.74 Å². The van der Waals surface area contributed by atoms with E-state index in [2.05, 4.69) is 10.2 Å². The summed E-state index contributed by atoms with van der Waals surface area (Å²) in [6, 6.07) is 0. The van der Waals surface area contributed by atoms with Crippen LogP contribution in [0, 0.1) is 0 Å². The second kappa shape index (κ2) is 8.42. The molecule has 0 aromatic rings. The molecule has 1 heterocycles. The number of aliphatic hydroxyl groups excluding tert-OH is 1. The predicted molar refractivity (Wildman–Crippen MR) is 69.4 cm³/mol. The highest BCUT2D eigenvalue weighted by Gasteiger charge is 2.17. The van der Waals surface area contributed by atoms with Crippen molar-refractivity contribution in [2.75, 3.05) is 60.0 Å². The third-order valence-electron chi connectivity index (χ3n) is 3.06. The second-order valence-corrected chi connectivity index (χ2v) is 4.76. The molecule has 1 amide bonds. The maximum absolute atomic E-state index is 12.0. The van der Waals surface area contributed by atoms with Crippen LogP contribution >= 0.6 is 0 Å². The number of rotatable bonds is 6. The molecule has 1 rings (SSSR count). The molecule has 1 saturated heterocycles. The molecule has 0 saturated carbocycles. The molecule has 1 fully saturated rings. The largest absolute Gasteiger partial charge is 0.389 e. The Kier molecular flexibility index (Phi) is 7.19. The first-order valence-corrected chi connectivity index (χ1v) is 6.47. The van der Waals surface area contributed by atoms with Crippen LogP contribution in [0.3, 0.4) is 0 Å². The van der Waals surface area contributed by atoms with E-state index in [-0.39, 0.29) is 12.5 Å². The number of nitrogens with one attached hydrogen (secondary N) is 1. The Morgan fingerprint density at radius 1 is 1.50 bits per heavy atom. The summed E-state index contributed by atoms with van der Waals surface area (Å²) in [7, 11) is 3.26. The molecule has 1 aliphatic heterocycles. The monoisotopic (exact) mass is 259 g/mol. The normalized spacial score (nSPS) is 19.3. The van der Waals surface area contributed by atoms with Gasteiger partial charge in [-0.15, -0.1) is 0 Å². The van der Waals surface area contributed by atoms with E-state index in [1.165, 1.54) is 7.11 Å². The number of carbonyl (C=O) groups is 1. The number of nitrogens with zero attached hydrogens (tertiary/aromatic N) is 2. The smallest absolute Gasteiger partial charge is 0.236 e. The molecule has 6 nitrogen and oxygen atoms in total. The summed E-state index contributed by atoms with van der Waals surface area (Å²) < 4.78 is 4.84. The van der Waals surface area contributed by atoms with E-state index in [1.807, 2.05) is 0 Å². The molecule has 0 aromatic heterocycles. The maximum atomic E-state index is 12.0. The van der Waals surface area contributed by atoms with Gasteiger partial charge in [0.25, 0.3) is 0 Å². The number of hydrogen-bond acceptors (Lipinski definition) is 5. The minimum absolute atomic E-state index is 0.0482. The molecular formula is C12H25N3O3. The van der Waals surface area contributed by atoms with Crippen LogP contribution in [0.1, 0.15) is 6.42 Å². The molecule has 1 aliphatic rings. The van der Waals surface area contributed by atoms with Crippen LogP contribution in [0.5, 0.6) is 0 Å². The van der Waals surface area contributed by atoms with Gasteiger partial charge in [-0.1, -0.05) is 0 Å². The van der Waals surface area contributed by atoms with E-state index in [1.54, 1.807) is 11.9 Å². The Morgan fingerprint density at radius 3 is 3.00 bits per heavy atom. The van der Waals surface area contributed by atoms with Gasteiger partial charge in [0.15, 0.2) is 0 Å². The number of ether oxygens (including phenoxy) is 1. The molecule has 0 aliphatic carbocycles. The highest BCUT2D eigenvalue weighted by Crippen LogP contribution is 1.98. The molecule has 18 heavy (non-hydrogen) atoms. The average molecular weight is 259 g/mol. The lowest BCUT2D eigenvalue weighted by molar-refractivity contribution is -0.132. The summed E-state index contributed by atoms with van der Waals surface area (Å²) in [5, 5.41) is 12.9. The fourth-order valence-corrected chi connectivity index (χ4v) is 2.03. The lowest BCUT2D eigenvalue weighted by atomic mass is 10.3. The van der Waals surface area contributed by atoms with Gasteiger partial charge in [0, 0.05) is 33.8 Å². The topological polar surface area (TPSA) is 65.0 Å². The molecule has 106 valence electrons. The van der Waals surface area contributed by atoms with Crippen molar-refractivity contribution in [3.05, 3.63) is 0 Å². The zero-order valence-electron chi connectivity index (χ0n) is 11.4. The number of carbonyl (C=O) groups excluding carboxylic acids is 1. The molecule has 2 N–H and O–H groups in total. The highest BCUT2D eigenvalue weighted by molar-refractivity contribution is 5.78. The number of likely N-dealkylation sites (N-methyl/N-ethyl adjacent to an activating group) is 1. The summed E-state index contributed by atoms with van der Waals surface area (Å²) >= 11 is 0. The summed E-state index contributed by atoms with van der Waals surface area (Å²) in [5.41, 5.74) is 0. The third-order valence-corrected chi connectivity index (χ3v) is 3.06. The molecular weight excluding hydrogens is 234 g/mol. The van der Waals surface area contributed by atoms with Crippen LogP contribution < -0.4 is 5.32 Å². The van der Waals surface area contributed by atoms with Gasteiger partial charge in [-0.2, -0.15) is 0 Å². The van der Waals surface area contributed by atoms with Crippen LogP contribution in [0.25, 0.3) is 0 Å². The standard InChI is InChI=1S/C12H25N3O3/c1-14(8-11(16)10-18-2)12(17)9-15-6-3-4-13-5-7-15/h11,13,16H,3-10H2,1-2H3. The summed E-state index contributed by atoms with van der Waals surface area (Å²) in [6.45, 7) is 4.81. The predicted octanol–water partition coefficient (Wildman–Crippen LogP) is -1.25. The maximum Gasteiger partial charge on any atom is 0.236 e. The van der Waals surface area contributed by atoms with Crippen molar-refractivity contribution in [1.82, 2.24) is 15.1 Å². The minimum Gasteiger partial charge on any atom is -0.389 e. The fraction of sp³-hybridized carbons (Fsp3) is 0.917. The molecule has 0 radical (unpaired) electrons. The molecule has 0 bridgehead atoms. The zero-order valence-corrected chi connectivity index (χ0v) is 11.4. The van der Waals surface area contributed by atoms with E-state index in [9.17, 15) is 9.90 Å². The summed E-state index contributed by atoms with van der Waals surface area (Å²) in [5.74, 6) is 0.0482. The van der Waals surface area contributed by atoms with Crippen LogP contribution in [0.15, 0.2) is 0 Å². The van der Waals surface area contributed by atoms with Gasteiger partial charge >= 0.3 is 0 Å². The van der Waals surface area contributed by atoms with E-state index < -0.39 is 6.10 Å². The first-order chi connectivity index (χ1) is 8.63. The van der Waals surface area contributed by atoms with E-state index in [0.29, 0.717) is 13.1 Å². The molecule has 0 spiro atoms. The zero-order chi connectivity index (χ0) is 13.4. The first kappa shape index (κ1) is 15.4. The Bertz CT molecular complexity index is 243. The lowest BCUT2D eigenvalue weighted by Crippen LogP contribution is -2.43. The molecule has 0 aromatic carbocycles. The van der Waals surface area contributed by atoms with Gasteiger partial charge in [-0.05, 0) is 19.5 Å². The Labute approximate surface area is 109 Å². The van der Waals surface area contributed by atoms with Crippen molar-refractivity contribution in [2.24, 2.45) is 0 Å². The van der Waals surface area contributed by atoms with Crippen molar-refractivity contribution in [1.29, 1.82) is 0 Å². The van der Waals surface area contributed by atoms with Crippen molar-refractivity contribution < 1.29 is 14.6 Å². The van der Waals surface area contributed by atoms with Crippen LogP contribution in [0.2, 0.25) is 0 Å². The van der Waals surface area contributed by atoms with E-state index >= 15 is 0 Å². The fourth-order valence-electron chi connectivity index (χ4n) is 2.03. The van der Waals surface area contributed by atoms with Gasteiger partial charge in [-0.3, -0.25) is 9.69 Å². The van der Waals surface area contributed by atoms with Gasteiger partial charge in [-0.25, -0.2) is 0 Å². The molecule has 6 heteroatoms. The van der Waals surface area contributed by atoms with Gasteiger partial charge in [0.05, 0.1) is 19.3 Å². The quantitative estimate of drug-likeness (QED) is 0.624. The van der Waals surface area contributed by atoms with E-state index in [0.717, 1.165) is 32.6 Å². The summed E-state index contributed by atoms with van der Waals surface area (Å²) in [6.07, 6.45) is 0.457. The number of aliphatic hydroxyl groups is 1. The highest BCUT2D eigenvalue weighted by atomic mass is 16.5. The first-order valence-electron chi connectivity index (χ1n) is 6.47. The van der Waals surface area contributed by atoms with Gasteiger partial charge in [0.1, 0.15) is 0 Å². The van der Waals surface area contributed by atoms with Crippen LogP contribution in [-0.4, -0.2) is 87.0 Å². The van der Waals surface area contributed by atoms with Gasteiger partial charge < -0.3 is 20.1 Å². The summed E-state index contributed by atoms with van der Waals surface area (Å²) in [4.78, 5) is 15.7. The Morgan fingerprint density at radius 2 is 2.28 bits per heavy atom.